The van der Waals surface area contributed by atoms with E-state index in [-0.39, 0.29) is 5.91 Å². The number of benzene rings is 1. The zero-order valence-corrected chi connectivity index (χ0v) is 18.4. The minimum absolute atomic E-state index is 0.279. The highest BCUT2D eigenvalue weighted by Gasteiger charge is 2.49. The van der Waals surface area contributed by atoms with Crippen molar-refractivity contribution in [1.29, 1.82) is 0 Å². The highest BCUT2D eigenvalue weighted by molar-refractivity contribution is 9.10. The van der Waals surface area contributed by atoms with E-state index in [0.29, 0.717) is 6.54 Å². The number of likely N-dealkylation sites (N-methyl/N-ethyl adjacent to an activating group) is 1. The minimum atomic E-state index is -0.509. The third-order valence-electron chi connectivity index (χ3n) is 5.80. The van der Waals surface area contributed by atoms with Crippen LogP contribution in [0.2, 0.25) is 0 Å². The highest BCUT2D eigenvalue weighted by atomic mass is 79.9. The molecule has 9 heteroatoms. The summed E-state index contributed by atoms with van der Waals surface area (Å²) in [5.41, 5.74) is 1.10. The lowest BCUT2D eigenvalue weighted by atomic mass is 10.1. The van der Waals surface area contributed by atoms with Gasteiger partial charge in [-0.1, -0.05) is 35.0 Å². The van der Waals surface area contributed by atoms with E-state index in [2.05, 4.69) is 42.9 Å². The Morgan fingerprint density at radius 3 is 2.48 bits per heavy atom. The molecular weight excluding hydrogens is 436 g/mol. The molecule has 4 rings (SSSR count). The second kappa shape index (κ2) is 8.31. The summed E-state index contributed by atoms with van der Waals surface area (Å²) in [5.74, 6) is 0.536. The second-order valence-corrected chi connectivity index (χ2v) is 8.69. The number of carbonyl (C=O) groups excluding carboxylic acids is 2. The quantitative estimate of drug-likeness (QED) is 0.734. The van der Waals surface area contributed by atoms with Crippen LogP contribution in [-0.2, 0) is 11.3 Å². The van der Waals surface area contributed by atoms with Crippen LogP contribution in [0.3, 0.4) is 0 Å². The molecule has 8 nitrogen and oxygen atoms in total. The SMILES string of the molecule is CCCN1CCN(C2=NC3C(C(=O)NC(=O)N3C)N2Cc2ccc(Br)cc2)CC1. The van der Waals surface area contributed by atoms with Crippen molar-refractivity contribution in [2.75, 3.05) is 39.8 Å². The molecule has 1 N–H and O–H groups in total. The summed E-state index contributed by atoms with van der Waals surface area (Å²) in [6.07, 6.45) is 0.656. The van der Waals surface area contributed by atoms with E-state index < -0.39 is 18.2 Å². The van der Waals surface area contributed by atoms with Crippen LogP contribution < -0.4 is 5.32 Å². The summed E-state index contributed by atoms with van der Waals surface area (Å²) < 4.78 is 1.02. The van der Waals surface area contributed by atoms with Crippen LogP contribution in [-0.4, -0.2) is 89.5 Å². The van der Waals surface area contributed by atoms with Gasteiger partial charge >= 0.3 is 6.03 Å². The predicted molar refractivity (Wildman–Crippen MR) is 114 cm³/mol. The molecule has 0 saturated carbocycles. The third kappa shape index (κ3) is 3.98. The fraction of sp³-hybridized carbons (Fsp3) is 0.550. The smallest absolute Gasteiger partial charge is 0.325 e. The highest BCUT2D eigenvalue weighted by Crippen LogP contribution is 2.28. The number of nitrogens with zero attached hydrogens (tertiary/aromatic N) is 5. The Hall–Kier alpha value is -2.13. The normalized spacial score (nSPS) is 25.2. The number of piperazine rings is 1. The van der Waals surface area contributed by atoms with Crippen LogP contribution in [0.4, 0.5) is 4.79 Å². The van der Waals surface area contributed by atoms with Gasteiger partial charge in [-0.25, -0.2) is 9.79 Å². The molecule has 0 radical (unpaired) electrons. The van der Waals surface area contributed by atoms with E-state index in [0.717, 1.165) is 55.1 Å². The summed E-state index contributed by atoms with van der Waals surface area (Å²) in [5, 5.41) is 2.47. The van der Waals surface area contributed by atoms with Gasteiger partial charge in [0, 0.05) is 44.2 Å². The molecule has 1 aromatic carbocycles. The molecule has 3 heterocycles. The average molecular weight is 463 g/mol. The average Bonchev–Trinajstić information content (AvgIpc) is 3.09. The number of imide groups is 1. The van der Waals surface area contributed by atoms with Crippen molar-refractivity contribution in [3.8, 4) is 0 Å². The molecule has 3 aliphatic rings. The number of guanidine groups is 1. The van der Waals surface area contributed by atoms with Crippen LogP contribution >= 0.6 is 15.9 Å². The Kier molecular flexibility index (Phi) is 5.78. The van der Waals surface area contributed by atoms with Gasteiger partial charge < -0.3 is 14.7 Å². The number of halogens is 1. The molecule has 0 spiro atoms. The van der Waals surface area contributed by atoms with Gasteiger partial charge in [0.05, 0.1) is 0 Å². The Morgan fingerprint density at radius 2 is 1.83 bits per heavy atom. The summed E-state index contributed by atoms with van der Waals surface area (Å²) >= 11 is 3.47. The number of nitrogens with one attached hydrogen (secondary N) is 1. The van der Waals surface area contributed by atoms with Crippen molar-refractivity contribution in [2.24, 2.45) is 4.99 Å². The molecule has 1 aromatic rings. The van der Waals surface area contributed by atoms with Crippen molar-refractivity contribution in [3.63, 3.8) is 0 Å². The van der Waals surface area contributed by atoms with Crippen LogP contribution in [0.25, 0.3) is 0 Å². The summed E-state index contributed by atoms with van der Waals surface area (Å²) in [6.45, 7) is 7.57. The fourth-order valence-electron chi connectivity index (χ4n) is 4.22. The Balaban J connectivity index is 1.60. The van der Waals surface area contributed by atoms with E-state index in [9.17, 15) is 9.59 Å². The molecule has 29 heavy (non-hydrogen) atoms. The van der Waals surface area contributed by atoms with Crippen molar-refractivity contribution >= 4 is 33.8 Å². The van der Waals surface area contributed by atoms with Gasteiger partial charge in [-0.05, 0) is 30.7 Å². The molecule has 2 fully saturated rings. The van der Waals surface area contributed by atoms with E-state index in [1.807, 2.05) is 24.3 Å². The molecule has 3 aliphatic heterocycles. The largest absolute Gasteiger partial charge is 0.340 e. The lowest BCUT2D eigenvalue weighted by molar-refractivity contribution is -0.127. The molecule has 0 aromatic heterocycles. The first-order valence-electron chi connectivity index (χ1n) is 10.1. The number of aliphatic imine (C=N–C) groups is 1. The van der Waals surface area contributed by atoms with Gasteiger partial charge in [-0.2, -0.15) is 0 Å². The number of hydrogen-bond donors (Lipinski definition) is 1. The summed E-state index contributed by atoms with van der Waals surface area (Å²) in [4.78, 5) is 38.0. The van der Waals surface area contributed by atoms with E-state index in [4.69, 9.17) is 4.99 Å². The molecule has 0 aliphatic carbocycles. The van der Waals surface area contributed by atoms with E-state index in [1.165, 1.54) is 4.90 Å². The maximum atomic E-state index is 12.7. The number of urea groups is 1. The first kappa shape index (κ1) is 20.2. The maximum absolute atomic E-state index is 12.7. The number of hydrogen-bond acceptors (Lipinski definition) is 6. The predicted octanol–water partition coefficient (Wildman–Crippen LogP) is 1.52. The van der Waals surface area contributed by atoms with Crippen LogP contribution in [0.15, 0.2) is 33.7 Å². The zero-order chi connectivity index (χ0) is 20.5. The molecule has 2 unspecified atom stereocenters. The van der Waals surface area contributed by atoms with Crippen molar-refractivity contribution in [2.45, 2.75) is 32.1 Å². The second-order valence-electron chi connectivity index (χ2n) is 7.78. The van der Waals surface area contributed by atoms with Gasteiger partial charge in [-0.15, -0.1) is 0 Å². The first-order chi connectivity index (χ1) is 14.0. The van der Waals surface area contributed by atoms with Crippen molar-refractivity contribution < 1.29 is 9.59 Å². The van der Waals surface area contributed by atoms with Gasteiger partial charge in [0.25, 0.3) is 5.91 Å². The lowest BCUT2D eigenvalue weighted by Gasteiger charge is -2.40. The van der Waals surface area contributed by atoms with Crippen molar-refractivity contribution in [1.82, 2.24) is 24.9 Å². The Morgan fingerprint density at radius 1 is 1.14 bits per heavy atom. The number of rotatable bonds is 4. The Bertz CT molecular complexity index is 806. The van der Waals surface area contributed by atoms with Gasteiger partial charge in [0.2, 0.25) is 0 Å². The fourth-order valence-corrected chi connectivity index (χ4v) is 4.48. The third-order valence-corrected chi connectivity index (χ3v) is 6.33. The summed E-state index contributed by atoms with van der Waals surface area (Å²) in [6, 6.07) is 7.19. The first-order valence-corrected chi connectivity index (χ1v) is 10.9. The topological polar surface area (TPSA) is 71.5 Å². The molecule has 2 atom stereocenters. The summed E-state index contributed by atoms with van der Waals surface area (Å²) in [7, 11) is 1.70. The molecular formula is C20H27BrN6O2. The monoisotopic (exact) mass is 462 g/mol. The molecule has 0 bridgehead atoms. The van der Waals surface area contributed by atoms with Crippen molar-refractivity contribution in [3.05, 3.63) is 34.3 Å². The van der Waals surface area contributed by atoms with Crippen LogP contribution in [0, 0.1) is 0 Å². The van der Waals surface area contributed by atoms with Gasteiger partial charge in [0.1, 0.15) is 0 Å². The maximum Gasteiger partial charge on any atom is 0.325 e. The number of carbonyl (C=O) groups is 2. The van der Waals surface area contributed by atoms with Crippen LogP contribution in [0.1, 0.15) is 18.9 Å². The standard InChI is InChI=1S/C20H27BrN6O2/c1-3-8-25-9-11-26(12-10-25)19-22-17-16(18(28)23-20(29)24(17)2)27(19)13-14-4-6-15(21)7-5-14/h4-7,16-17H,3,8-13H2,1-2H3,(H,23,28,29). The van der Waals surface area contributed by atoms with E-state index in [1.54, 1.807) is 7.05 Å². The number of amides is 3. The molecule has 2 saturated heterocycles. The molecule has 156 valence electrons. The van der Waals surface area contributed by atoms with Gasteiger partial charge in [0.15, 0.2) is 18.2 Å². The van der Waals surface area contributed by atoms with E-state index >= 15 is 0 Å². The Labute approximate surface area is 179 Å². The minimum Gasteiger partial charge on any atom is -0.340 e. The molecule has 3 amide bonds. The van der Waals surface area contributed by atoms with Gasteiger partial charge in [-0.3, -0.25) is 15.0 Å². The zero-order valence-electron chi connectivity index (χ0n) is 16.8. The lowest BCUT2D eigenvalue weighted by Crippen LogP contribution is -2.64. The number of fused-ring (bicyclic) bond motifs is 1. The van der Waals surface area contributed by atoms with Crippen LogP contribution in [0.5, 0.6) is 0 Å².